The lowest BCUT2D eigenvalue weighted by atomic mass is 10.1. The Labute approximate surface area is 269 Å². The molecule has 4 aromatic carbocycles. The van der Waals surface area contributed by atoms with Crippen LogP contribution >= 0.6 is 0 Å². The number of aliphatic hydroxyl groups excluding tert-OH is 4. The van der Waals surface area contributed by atoms with Crippen LogP contribution in [0.3, 0.4) is 0 Å². The maximum Gasteiger partial charge on any atom is 0.340 e. The number of carbonyl (C=O) groups is 2. The van der Waals surface area contributed by atoms with Crippen LogP contribution in [0.5, 0.6) is 0 Å². The molecule has 0 fully saturated rings. The molecule has 0 radical (unpaired) electrons. The smallest absolute Gasteiger partial charge is 0.340 e. The summed E-state index contributed by atoms with van der Waals surface area (Å²) in [6.45, 7) is 6.53. The van der Waals surface area contributed by atoms with E-state index in [2.05, 4.69) is 10.6 Å². The van der Waals surface area contributed by atoms with Gasteiger partial charge in [0.25, 0.3) is 0 Å². The van der Waals surface area contributed by atoms with Crippen LogP contribution in [0, 0.1) is 27.7 Å². The average Bonchev–Trinajstić information content (AvgIpc) is 3.07. The summed E-state index contributed by atoms with van der Waals surface area (Å²) >= 11 is 0. The minimum Gasteiger partial charge on any atom is -0.459 e. The minimum absolute atomic E-state index is 0.243. The fourth-order valence-corrected chi connectivity index (χ4v) is 4.25. The summed E-state index contributed by atoms with van der Waals surface area (Å²) in [5.74, 6) is -1.14. The highest BCUT2D eigenvalue weighted by atomic mass is 16.6. The second-order valence-electron chi connectivity index (χ2n) is 10.7. The quantitative estimate of drug-likeness (QED) is 0.116. The lowest BCUT2D eigenvalue weighted by Crippen LogP contribution is -2.26. The number of esters is 2. The average molecular weight is 631 g/mol. The molecule has 0 bridgehead atoms. The molecule has 0 amide bonds. The highest BCUT2D eigenvalue weighted by Crippen LogP contribution is 2.27. The Balaban J connectivity index is 0.000000250. The van der Waals surface area contributed by atoms with Crippen LogP contribution in [0.2, 0.25) is 0 Å². The van der Waals surface area contributed by atoms with E-state index >= 15 is 0 Å². The molecule has 4 rings (SSSR count). The predicted octanol–water partition coefficient (Wildman–Crippen LogP) is 5.11. The van der Waals surface area contributed by atoms with Gasteiger partial charge in [0, 0.05) is 11.4 Å². The zero-order valence-electron chi connectivity index (χ0n) is 26.5. The summed E-state index contributed by atoms with van der Waals surface area (Å²) in [4.78, 5) is 24.4. The summed E-state index contributed by atoms with van der Waals surface area (Å²) in [6.07, 6.45) is -1.99. The first-order chi connectivity index (χ1) is 22.1. The Hall–Kier alpha value is -4.74. The van der Waals surface area contributed by atoms with Gasteiger partial charge in [-0.25, -0.2) is 9.59 Å². The van der Waals surface area contributed by atoms with Crippen molar-refractivity contribution in [2.45, 2.75) is 39.9 Å². The number of para-hydroxylation sites is 2. The fourth-order valence-electron chi connectivity index (χ4n) is 4.25. The van der Waals surface area contributed by atoms with Crippen LogP contribution in [0.4, 0.5) is 22.7 Å². The van der Waals surface area contributed by atoms with Crippen LogP contribution in [0.15, 0.2) is 84.9 Å². The second-order valence-corrected chi connectivity index (χ2v) is 10.7. The van der Waals surface area contributed by atoms with Gasteiger partial charge < -0.3 is 40.5 Å². The van der Waals surface area contributed by atoms with Crippen LogP contribution in [0.25, 0.3) is 0 Å². The molecule has 0 heterocycles. The third-order valence-corrected chi connectivity index (χ3v) is 7.34. The monoisotopic (exact) mass is 630 g/mol. The van der Waals surface area contributed by atoms with Gasteiger partial charge in [-0.05, 0) is 86.3 Å². The van der Waals surface area contributed by atoms with Crippen molar-refractivity contribution in [1.82, 2.24) is 0 Å². The number of rotatable bonds is 12. The summed E-state index contributed by atoms with van der Waals surface area (Å²) in [6, 6.07) is 25.8. The van der Waals surface area contributed by atoms with E-state index in [0.717, 1.165) is 33.6 Å². The Morgan fingerprint density at radius 3 is 1.50 bits per heavy atom. The third kappa shape index (κ3) is 9.88. The van der Waals surface area contributed by atoms with Crippen molar-refractivity contribution in [3.05, 3.63) is 118 Å². The molecule has 10 heteroatoms. The first-order valence-electron chi connectivity index (χ1n) is 14.8. The second kappa shape index (κ2) is 17.7. The van der Waals surface area contributed by atoms with Crippen LogP contribution in [-0.4, -0.2) is 71.0 Å². The van der Waals surface area contributed by atoms with Crippen LogP contribution in [-0.2, 0) is 9.47 Å². The third-order valence-electron chi connectivity index (χ3n) is 7.34. The van der Waals surface area contributed by atoms with Crippen molar-refractivity contribution in [1.29, 1.82) is 0 Å². The number of hydrogen-bond donors (Lipinski definition) is 6. The molecule has 4 aromatic rings. The van der Waals surface area contributed by atoms with E-state index < -0.39 is 44.0 Å². The summed E-state index contributed by atoms with van der Waals surface area (Å²) in [5.41, 5.74) is 8.29. The van der Waals surface area contributed by atoms with Gasteiger partial charge >= 0.3 is 11.9 Å². The van der Waals surface area contributed by atoms with Crippen molar-refractivity contribution in [2.75, 3.05) is 37.1 Å². The van der Waals surface area contributed by atoms with E-state index in [1.165, 1.54) is 0 Å². The number of benzene rings is 4. The maximum absolute atomic E-state index is 12.3. The van der Waals surface area contributed by atoms with Gasteiger partial charge in [0.15, 0.2) is 0 Å². The van der Waals surface area contributed by atoms with Crippen molar-refractivity contribution in [3.63, 3.8) is 0 Å². The molecule has 10 nitrogen and oxygen atoms in total. The van der Waals surface area contributed by atoms with Gasteiger partial charge in [-0.2, -0.15) is 0 Å². The molecule has 46 heavy (non-hydrogen) atoms. The van der Waals surface area contributed by atoms with Crippen LogP contribution in [0.1, 0.15) is 43.0 Å². The van der Waals surface area contributed by atoms with Gasteiger partial charge in [0.2, 0.25) is 0 Å². The maximum atomic E-state index is 12.3. The molecule has 0 saturated carbocycles. The van der Waals surface area contributed by atoms with Crippen molar-refractivity contribution in [3.8, 4) is 0 Å². The molecule has 0 aliphatic rings. The molecule has 0 aliphatic carbocycles. The van der Waals surface area contributed by atoms with E-state index in [1.54, 1.807) is 36.4 Å². The molecule has 0 aliphatic heterocycles. The predicted molar refractivity (Wildman–Crippen MR) is 178 cm³/mol. The lowest BCUT2D eigenvalue weighted by Gasteiger charge is -2.17. The van der Waals surface area contributed by atoms with Gasteiger partial charge in [0.05, 0.1) is 42.3 Å². The van der Waals surface area contributed by atoms with E-state index in [9.17, 15) is 14.7 Å². The lowest BCUT2D eigenvalue weighted by molar-refractivity contribution is -0.00536. The molecule has 0 saturated heterocycles. The highest BCUT2D eigenvalue weighted by Gasteiger charge is 2.18. The van der Waals surface area contributed by atoms with Gasteiger partial charge in [-0.15, -0.1) is 0 Å². The van der Waals surface area contributed by atoms with Gasteiger partial charge in [-0.1, -0.05) is 48.5 Å². The molecule has 6 N–H and O–H groups in total. The topological polar surface area (TPSA) is 158 Å². The normalized spacial score (nSPS) is 11.2. The standard InChI is InChI=1S/2C18H21NO4/c1-12-6-5-9-16(13(12)2)19-17-8-4-3-7-15(17)18(22)23-11-14(21)10-20;1-12-6-5-9-16(13(12)2)19-17-8-4-3-7-15(17)18(22)23-14(10-20)11-21/h2*3-9,14,19-21H,10-11H2,1-2H3. The van der Waals surface area contributed by atoms with Gasteiger partial charge in [-0.3, -0.25) is 0 Å². The summed E-state index contributed by atoms with van der Waals surface area (Å²) < 4.78 is 10.1. The molecule has 0 aromatic heterocycles. The SMILES string of the molecule is Cc1cccc(Nc2ccccc2C(=O)OC(CO)CO)c1C.Cc1cccc(Nc2ccccc2C(=O)OCC(O)CO)c1C. The number of aliphatic hydroxyl groups is 4. The Morgan fingerprint density at radius 2 is 1.04 bits per heavy atom. The first kappa shape index (κ1) is 35.7. The van der Waals surface area contributed by atoms with Crippen molar-refractivity contribution < 1.29 is 39.5 Å². The molecular weight excluding hydrogens is 588 g/mol. The number of hydrogen-bond acceptors (Lipinski definition) is 10. The van der Waals surface area contributed by atoms with E-state index in [1.807, 2.05) is 76.2 Å². The number of aryl methyl sites for hydroxylation is 2. The largest absolute Gasteiger partial charge is 0.459 e. The number of ether oxygens (including phenoxy) is 2. The van der Waals surface area contributed by atoms with E-state index in [0.29, 0.717) is 22.5 Å². The molecule has 244 valence electrons. The number of nitrogens with one attached hydrogen (secondary N) is 2. The highest BCUT2D eigenvalue weighted by molar-refractivity contribution is 5.97. The molecule has 1 unspecified atom stereocenters. The summed E-state index contributed by atoms with van der Waals surface area (Å²) in [7, 11) is 0. The zero-order chi connectivity index (χ0) is 33.6. The van der Waals surface area contributed by atoms with Crippen molar-refractivity contribution in [2.24, 2.45) is 0 Å². The van der Waals surface area contributed by atoms with Gasteiger partial charge in [0.1, 0.15) is 18.8 Å². The Kier molecular flexibility index (Phi) is 13.7. The zero-order valence-corrected chi connectivity index (χ0v) is 26.5. The number of anilines is 4. The molecule has 1 atom stereocenters. The first-order valence-corrected chi connectivity index (χ1v) is 14.8. The number of carbonyl (C=O) groups excluding carboxylic acids is 2. The Bertz CT molecular complexity index is 1600. The van der Waals surface area contributed by atoms with Crippen LogP contribution < -0.4 is 10.6 Å². The van der Waals surface area contributed by atoms with E-state index in [4.69, 9.17) is 24.8 Å². The Morgan fingerprint density at radius 1 is 0.609 bits per heavy atom. The van der Waals surface area contributed by atoms with Crippen molar-refractivity contribution >= 4 is 34.7 Å². The molecular formula is C36H42N2O8. The molecule has 0 spiro atoms. The fraction of sp³-hybridized carbons (Fsp3) is 0.278. The van der Waals surface area contributed by atoms with E-state index in [-0.39, 0.29) is 6.61 Å². The minimum atomic E-state index is -1.07. The summed E-state index contributed by atoms with van der Waals surface area (Å²) in [5, 5.41) is 42.6.